The largest absolute Gasteiger partial charge is 0.422 e. The van der Waals surface area contributed by atoms with Gasteiger partial charge in [-0.05, 0) is 24.3 Å². The summed E-state index contributed by atoms with van der Waals surface area (Å²) in [7, 11) is -1.47. The van der Waals surface area contributed by atoms with Crippen molar-refractivity contribution in [2.24, 2.45) is 0 Å². The molecule has 2 aromatic rings. The molecule has 1 heterocycles. The second-order valence-corrected chi connectivity index (χ2v) is 4.80. The Kier molecular flexibility index (Phi) is 2.87. The van der Waals surface area contributed by atoms with Gasteiger partial charge in [-0.1, -0.05) is 30.3 Å². The van der Waals surface area contributed by atoms with E-state index in [-0.39, 0.29) is 5.97 Å². The number of benzene rings is 2. The Morgan fingerprint density at radius 2 is 1.61 bits per heavy atom. The van der Waals surface area contributed by atoms with Gasteiger partial charge < -0.3 is 9.05 Å². The molecule has 90 valence electrons. The van der Waals surface area contributed by atoms with Crippen LogP contribution in [0.3, 0.4) is 0 Å². The highest BCUT2D eigenvalue weighted by Crippen LogP contribution is 2.45. The minimum Gasteiger partial charge on any atom is -0.422 e. The predicted molar refractivity (Wildman–Crippen MR) is 69.5 cm³/mol. The molecule has 1 N–H and O–H groups in total. The second kappa shape index (κ2) is 4.67. The van der Waals surface area contributed by atoms with Gasteiger partial charge in [0.15, 0.2) is 0 Å². The van der Waals surface area contributed by atoms with Gasteiger partial charge in [0, 0.05) is 5.69 Å². The van der Waals surface area contributed by atoms with Crippen molar-refractivity contribution in [2.45, 2.75) is 0 Å². The third kappa shape index (κ3) is 2.15. The molecule has 1 atom stereocenters. The maximum atomic E-state index is 11.8. The van der Waals surface area contributed by atoms with E-state index in [4.69, 9.17) is 9.05 Å². The highest BCUT2D eigenvalue weighted by atomic mass is 31.2. The second-order valence-electron chi connectivity index (χ2n) is 3.70. The molecule has 0 saturated carbocycles. The van der Waals surface area contributed by atoms with Crippen molar-refractivity contribution in [3.63, 3.8) is 0 Å². The quantitative estimate of drug-likeness (QED) is 0.837. The van der Waals surface area contributed by atoms with E-state index in [9.17, 15) is 4.79 Å². The van der Waals surface area contributed by atoms with Crippen LogP contribution in [-0.4, -0.2) is 5.97 Å². The summed E-state index contributed by atoms with van der Waals surface area (Å²) in [5.74, 6) is 0.203. The first-order valence-electron chi connectivity index (χ1n) is 5.44. The Hall–Kier alpha value is -2.06. The van der Waals surface area contributed by atoms with E-state index in [1.54, 1.807) is 18.2 Å². The van der Waals surface area contributed by atoms with Crippen molar-refractivity contribution >= 4 is 20.2 Å². The van der Waals surface area contributed by atoms with Gasteiger partial charge in [-0.2, -0.15) is 0 Å². The topological polar surface area (TPSA) is 47.6 Å². The molecule has 1 aliphatic heterocycles. The van der Waals surface area contributed by atoms with Crippen molar-refractivity contribution in [2.75, 3.05) is 5.09 Å². The fraction of sp³-hybridized carbons (Fsp3) is 0. The van der Waals surface area contributed by atoms with Crippen molar-refractivity contribution in [1.82, 2.24) is 0 Å². The molecule has 2 aromatic carbocycles. The molecule has 0 amide bonds. The summed E-state index contributed by atoms with van der Waals surface area (Å²) in [6.07, 6.45) is 0. The SMILES string of the molecule is O=C1OP(Nc2ccccc2)Oc2ccccc21. The van der Waals surface area contributed by atoms with Gasteiger partial charge in [0.25, 0.3) is 0 Å². The monoisotopic (exact) mass is 259 g/mol. The molecule has 0 fully saturated rings. The van der Waals surface area contributed by atoms with Crippen LogP contribution in [0.15, 0.2) is 54.6 Å². The predicted octanol–water partition coefficient (Wildman–Crippen LogP) is 3.57. The van der Waals surface area contributed by atoms with Gasteiger partial charge in [-0.3, -0.25) is 5.09 Å². The minimum atomic E-state index is -1.47. The van der Waals surface area contributed by atoms with Crippen molar-refractivity contribution in [3.05, 3.63) is 60.2 Å². The summed E-state index contributed by atoms with van der Waals surface area (Å²) in [5, 5.41) is 3.05. The summed E-state index contributed by atoms with van der Waals surface area (Å²) in [4.78, 5) is 11.8. The third-order valence-electron chi connectivity index (χ3n) is 2.45. The first kappa shape index (κ1) is 11.1. The van der Waals surface area contributed by atoms with Crippen LogP contribution in [0.5, 0.6) is 5.75 Å². The van der Waals surface area contributed by atoms with Crippen LogP contribution in [0.25, 0.3) is 0 Å². The molecule has 18 heavy (non-hydrogen) atoms. The molecule has 0 radical (unpaired) electrons. The van der Waals surface area contributed by atoms with Gasteiger partial charge >= 0.3 is 14.5 Å². The van der Waals surface area contributed by atoms with Gasteiger partial charge in [-0.25, -0.2) is 4.79 Å². The van der Waals surface area contributed by atoms with Crippen molar-refractivity contribution in [1.29, 1.82) is 0 Å². The normalized spacial score (nSPS) is 17.3. The molecule has 4 nitrogen and oxygen atoms in total. The molecule has 1 aliphatic rings. The van der Waals surface area contributed by atoms with E-state index in [1.165, 1.54) is 0 Å². The maximum Gasteiger partial charge on any atom is 0.416 e. The molecule has 0 aliphatic carbocycles. The van der Waals surface area contributed by atoms with Gasteiger partial charge in [0.2, 0.25) is 0 Å². The zero-order chi connectivity index (χ0) is 12.4. The summed E-state index contributed by atoms with van der Waals surface area (Å²) in [5.41, 5.74) is 1.32. The number of hydrogen-bond acceptors (Lipinski definition) is 4. The number of carbonyl (C=O) groups excluding carboxylic acids is 1. The highest BCUT2D eigenvalue weighted by Gasteiger charge is 2.29. The fourth-order valence-electron chi connectivity index (χ4n) is 1.61. The Morgan fingerprint density at radius 1 is 0.889 bits per heavy atom. The van der Waals surface area contributed by atoms with Crippen LogP contribution in [0.2, 0.25) is 0 Å². The fourth-order valence-corrected chi connectivity index (χ4v) is 2.69. The van der Waals surface area contributed by atoms with Crippen molar-refractivity contribution in [3.8, 4) is 5.75 Å². The smallest absolute Gasteiger partial charge is 0.416 e. The zero-order valence-electron chi connectivity index (χ0n) is 9.37. The van der Waals surface area contributed by atoms with Gasteiger partial charge in [0.1, 0.15) is 11.3 Å². The number of nitrogens with one attached hydrogen (secondary N) is 1. The molecule has 1 unspecified atom stereocenters. The summed E-state index contributed by atoms with van der Waals surface area (Å²) < 4.78 is 10.8. The number of carbonyl (C=O) groups is 1. The Morgan fingerprint density at radius 3 is 2.44 bits per heavy atom. The Balaban J connectivity index is 1.80. The molecule has 3 rings (SSSR count). The lowest BCUT2D eigenvalue weighted by atomic mass is 10.2. The summed E-state index contributed by atoms with van der Waals surface area (Å²) >= 11 is 0. The van der Waals surface area contributed by atoms with Gasteiger partial charge in [-0.15, -0.1) is 0 Å². The molecule has 5 heteroatoms. The standard InChI is InChI=1S/C13H10NO3P/c15-13-11-8-4-5-9-12(11)16-18(17-13)14-10-6-2-1-3-7-10/h1-9,14H. The average Bonchev–Trinajstić information content (AvgIpc) is 2.40. The number of fused-ring (bicyclic) bond motifs is 1. The van der Waals surface area contributed by atoms with Crippen LogP contribution in [0, 0.1) is 0 Å². The number of anilines is 1. The number of para-hydroxylation sites is 2. The highest BCUT2D eigenvalue weighted by molar-refractivity contribution is 7.50. The van der Waals surface area contributed by atoms with E-state index in [0.29, 0.717) is 11.3 Å². The van der Waals surface area contributed by atoms with E-state index >= 15 is 0 Å². The molecular weight excluding hydrogens is 249 g/mol. The van der Waals surface area contributed by atoms with E-state index in [2.05, 4.69) is 5.09 Å². The molecular formula is C13H10NO3P. The zero-order valence-corrected chi connectivity index (χ0v) is 10.3. The van der Waals surface area contributed by atoms with Crippen molar-refractivity contribution < 1.29 is 13.8 Å². The summed E-state index contributed by atoms with van der Waals surface area (Å²) in [6.45, 7) is 0. The first-order valence-corrected chi connectivity index (χ1v) is 6.62. The lowest BCUT2D eigenvalue weighted by molar-refractivity contribution is 0.0723. The average molecular weight is 259 g/mol. The number of rotatable bonds is 2. The Bertz CT molecular complexity index is 573. The van der Waals surface area contributed by atoms with Crippen LogP contribution >= 0.6 is 8.53 Å². The minimum absolute atomic E-state index is 0.355. The Labute approximate surface area is 106 Å². The van der Waals surface area contributed by atoms with Crippen LogP contribution < -0.4 is 9.61 Å². The lowest BCUT2D eigenvalue weighted by Gasteiger charge is -2.23. The van der Waals surface area contributed by atoms with Crippen LogP contribution in [0.1, 0.15) is 10.4 Å². The molecule has 0 bridgehead atoms. The maximum absolute atomic E-state index is 11.8. The summed E-state index contributed by atoms with van der Waals surface area (Å²) in [6, 6.07) is 16.6. The number of hydrogen-bond donors (Lipinski definition) is 1. The first-order chi connectivity index (χ1) is 8.83. The molecule has 0 saturated heterocycles. The van der Waals surface area contributed by atoms with Crippen LogP contribution in [-0.2, 0) is 4.52 Å². The molecule has 0 spiro atoms. The lowest BCUT2D eigenvalue weighted by Crippen LogP contribution is -2.15. The van der Waals surface area contributed by atoms with Crippen LogP contribution in [0.4, 0.5) is 5.69 Å². The third-order valence-corrected chi connectivity index (χ3v) is 3.58. The van der Waals surface area contributed by atoms with E-state index < -0.39 is 8.53 Å². The van der Waals surface area contributed by atoms with E-state index in [1.807, 2.05) is 36.4 Å². The van der Waals surface area contributed by atoms with E-state index in [0.717, 1.165) is 5.69 Å². The molecule has 0 aromatic heterocycles. The van der Waals surface area contributed by atoms with Gasteiger partial charge in [0.05, 0.1) is 0 Å².